The summed E-state index contributed by atoms with van der Waals surface area (Å²) < 4.78 is 1.41. The van der Waals surface area contributed by atoms with E-state index >= 15 is 0 Å². The van der Waals surface area contributed by atoms with Crippen molar-refractivity contribution in [2.45, 2.75) is 90.9 Å². The van der Waals surface area contributed by atoms with E-state index in [4.69, 9.17) is 0 Å². The highest BCUT2D eigenvalue weighted by atomic mass is 32.1. The lowest BCUT2D eigenvalue weighted by atomic mass is 9.82. The molecule has 0 atom stereocenters. The summed E-state index contributed by atoms with van der Waals surface area (Å²) in [6.07, 6.45) is 12.4. The van der Waals surface area contributed by atoms with Crippen molar-refractivity contribution in [3.05, 3.63) is 95.1 Å². The quantitative estimate of drug-likeness (QED) is 0.0728. The topological polar surface area (TPSA) is 74.8 Å². The van der Waals surface area contributed by atoms with Gasteiger partial charge in [0.15, 0.2) is 0 Å². The summed E-state index contributed by atoms with van der Waals surface area (Å²) in [7, 11) is 0. The van der Waals surface area contributed by atoms with Crippen LogP contribution in [0.15, 0.2) is 72.8 Å². The minimum atomic E-state index is -0.338. The monoisotopic (exact) mass is 754 g/mol. The summed E-state index contributed by atoms with van der Waals surface area (Å²) in [5.74, 6) is -1.35. The molecule has 276 valence electrons. The lowest BCUT2D eigenvalue weighted by molar-refractivity contribution is 0.0590. The third kappa shape index (κ3) is 6.27. The predicted molar refractivity (Wildman–Crippen MR) is 223 cm³/mol. The van der Waals surface area contributed by atoms with Gasteiger partial charge in [-0.1, -0.05) is 139 Å². The Hall–Kier alpha value is -4.66. The average molecular weight is 755 g/mol. The molecule has 8 heteroatoms. The summed E-state index contributed by atoms with van der Waals surface area (Å²) in [5.41, 5.74) is 3.73. The molecule has 0 fully saturated rings. The smallest absolute Gasteiger partial charge is 0.262 e. The molecule has 0 spiro atoms. The molecule has 0 bridgehead atoms. The average Bonchev–Trinajstić information content (AvgIpc) is 3.84. The summed E-state index contributed by atoms with van der Waals surface area (Å²) in [6.45, 7) is 5.04. The van der Waals surface area contributed by atoms with E-state index in [9.17, 15) is 19.2 Å². The number of hydrogen-bond acceptors (Lipinski definition) is 6. The van der Waals surface area contributed by atoms with Crippen molar-refractivity contribution in [1.29, 1.82) is 0 Å². The SMILES string of the molecule is CCCCCCCCN1C(=O)c2c3cc(-c4ccccc4)sc3c3c4c(c5cc(-c6ccccc6)sc5c(c24)C1=O)C(=O)N(CCCCCCCC)C3=O. The van der Waals surface area contributed by atoms with Gasteiger partial charge in [-0.3, -0.25) is 29.0 Å². The van der Waals surface area contributed by atoms with E-state index in [-0.39, 0.29) is 23.6 Å². The summed E-state index contributed by atoms with van der Waals surface area (Å²) in [6, 6.07) is 24.1. The van der Waals surface area contributed by atoms with Crippen LogP contribution in [0.2, 0.25) is 0 Å². The molecule has 0 N–H and O–H groups in total. The van der Waals surface area contributed by atoms with E-state index < -0.39 is 0 Å². The van der Waals surface area contributed by atoms with Gasteiger partial charge < -0.3 is 0 Å². The van der Waals surface area contributed by atoms with Crippen molar-refractivity contribution >= 4 is 77.2 Å². The van der Waals surface area contributed by atoms with Crippen LogP contribution in [-0.4, -0.2) is 46.5 Å². The van der Waals surface area contributed by atoms with Gasteiger partial charge in [0.1, 0.15) is 0 Å². The van der Waals surface area contributed by atoms with Crippen LogP contribution < -0.4 is 0 Å². The fourth-order valence-electron chi connectivity index (χ4n) is 8.34. The second kappa shape index (κ2) is 15.6. The second-order valence-corrected chi connectivity index (χ2v) is 16.9. The van der Waals surface area contributed by atoms with Crippen LogP contribution in [-0.2, 0) is 0 Å². The number of amides is 4. The number of hydrogen-bond donors (Lipinski definition) is 0. The van der Waals surface area contributed by atoms with Crippen LogP contribution in [0, 0.1) is 0 Å². The van der Waals surface area contributed by atoms with Gasteiger partial charge in [-0.15, -0.1) is 22.7 Å². The Morgan fingerprint density at radius 1 is 0.444 bits per heavy atom. The molecule has 2 aromatic heterocycles. The molecule has 2 aliphatic heterocycles. The molecule has 54 heavy (non-hydrogen) atoms. The summed E-state index contributed by atoms with van der Waals surface area (Å²) in [4.78, 5) is 64.1. The highest BCUT2D eigenvalue weighted by Crippen LogP contribution is 2.52. The Morgan fingerprint density at radius 2 is 0.796 bits per heavy atom. The van der Waals surface area contributed by atoms with Crippen molar-refractivity contribution in [1.82, 2.24) is 9.80 Å². The van der Waals surface area contributed by atoms with Gasteiger partial charge in [0.2, 0.25) is 0 Å². The largest absolute Gasteiger partial charge is 0.274 e. The number of imide groups is 2. The minimum Gasteiger partial charge on any atom is -0.274 e. The molecule has 6 aromatic rings. The van der Waals surface area contributed by atoms with E-state index in [1.165, 1.54) is 45.3 Å². The fourth-order valence-corrected chi connectivity index (χ4v) is 10.8. The van der Waals surface area contributed by atoms with E-state index in [1.54, 1.807) is 0 Å². The van der Waals surface area contributed by atoms with Crippen LogP contribution in [0.3, 0.4) is 0 Å². The maximum absolute atomic E-state index is 14.8. The first-order chi connectivity index (χ1) is 26.4. The standard InChI is InChI=1S/C46H46N2O4S2/c1-3-5-7-9-11-19-25-47-43(49)35-31-27-33(29-21-15-13-16-22-29)54-42(31)40-38-36(44(50)48(46(40)52)26-20-12-10-8-6-4-2)32-28-34(30-23-17-14-18-24-30)53-41(32)39(37(35)38)45(47)51/h13-18,21-24,27-28H,3-12,19-20,25-26H2,1-2H3. The van der Waals surface area contributed by atoms with Crippen LogP contribution in [0.5, 0.6) is 0 Å². The van der Waals surface area contributed by atoms with Crippen LogP contribution in [0.25, 0.3) is 51.8 Å². The Balaban J connectivity index is 1.37. The lowest BCUT2D eigenvalue weighted by Crippen LogP contribution is -2.44. The highest BCUT2D eigenvalue weighted by molar-refractivity contribution is 7.23. The molecule has 4 heterocycles. The van der Waals surface area contributed by atoms with Crippen molar-refractivity contribution < 1.29 is 19.2 Å². The van der Waals surface area contributed by atoms with Gasteiger partial charge in [0.25, 0.3) is 23.6 Å². The van der Waals surface area contributed by atoms with Gasteiger partial charge in [0, 0.05) is 53.8 Å². The second-order valence-electron chi connectivity index (χ2n) is 14.7. The predicted octanol–water partition coefficient (Wildman–Crippen LogP) is 12.5. The molecule has 0 radical (unpaired) electrons. The van der Waals surface area contributed by atoms with Gasteiger partial charge in [-0.2, -0.15) is 0 Å². The minimum absolute atomic E-state index is 0.327. The first-order valence-electron chi connectivity index (χ1n) is 19.8. The van der Waals surface area contributed by atoms with Crippen LogP contribution in [0.1, 0.15) is 132 Å². The Kier molecular flexibility index (Phi) is 10.5. The number of benzene rings is 4. The van der Waals surface area contributed by atoms with Gasteiger partial charge in [-0.25, -0.2) is 0 Å². The zero-order valence-electron chi connectivity index (χ0n) is 31.2. The zero-order chi connectivity index (χ0) is 37.3. The number of carbonyl (C=O) groups is 4. The van der Waals surface area contributed by atoms with Crippen molar-refractivity contribution in [3.8, 4) is 20.9 Å². The molecule has 6 nitrogen and oxygen atoms in total. The van der Waals surface area contributed by atoms with Gasteiger partial charge in [-0.05, 0) is 36.1 Å². The molecule has 0 unspecified atom stereocenters. The molecule has 0 saturated carbocycles. The molecule has 0 saturated heterocycles. The van der Waals surface area contributed by atoms with E-state index in [2.05, 4.69) is 13.8 Å². The van der Waals surface area contributed by atoms with Crippen LogP contribution in [0.4, 0.5) is 0 Å². The third-order valence-corrected chi connectivity index (χ3v) is 13.5. The fraction of sp³-hybridized carbons (Fsp3) is 0.348. The molecule has 8 rings (SSSR count). The normalized spacial score (nSPS) is 14.1. The molecule has 4 amide bonds. The first kappa shape index (κ1) is 36.3. The number of nitrogens with zero attached hydrogens (tertiary/aromatic N) is 2. The first-order valence-corrected chi connectivity index (χ1v) is 21.4. The van der Waals surface area contributed by atoms with E-state index in [0.717, 1.165) is 85.1 Å². The summed E-state index contributed by atoms with van der Waals surface area (Å²) in [5, 5.41) is 2.30. The van der Waals surface area contributed by atoms with Crippen molar-refractivity contribution in [3.63, 3.8) is 0 Å². The maximum Gasteiger partial charge on any atom is 0.262 e. The number of rotatable bonds is 16. The summed E-state index contributed by atoms with van der Waals surface area (Å²) >= 11 is 2.98. The Labute approximate surface area is 324 Å². The van der Waals surface area contributed by atoms with Gasteiger partial charge in [0.05, 0.1) is 22.3 Å². The number of carbonyl (C=O) groups excluding carboxylic acids is 4. The van der Waals surface area contributed by atoms with Crippen molar-refractivity contribution in [2.75, 3.05) is 13.1 Å². The molecular weight excluding hydrogens is 709 g/mol. The maximum atomic E-state index is 14.8. The number of fused-ring (bicyclic) bond motifs is 6. The zero-order valence-corrected chi connectivity index (χ0v) is 32.8. The Morgan fingerprint density at radius 3 is 1.19 bits per heavy atom. The Bertz CT molecular complexity index is 2130. The van der Waals surface area contributed by atoms with E-state index in [0.29, 0.717) is 66.3 Å². The molecular formula is C46H46N2O4S2. The lowest BCUT2D eigenvalue weighted by Gasteiger charge is -2.33. The van der Waals surface area contributed by atoms with Crippen LogP contribution >= 0.6 is 22.7 Å². The van der Waals surface area contributed by atoms with Gasteiger partial charge >= 0.3 is 0 Å². The number of unbranched alkanes of at least 4 members (excludes halogenated alkanes) is 10. The van der Waals surface area contributed by atoms with Crippen molar-refractivity contribution in [2.24, 2.45) is 0 Å². The highest BCUT2D eigenvalue weighted by Gasteiger charge is 2.44. The number of thiophene rings is 2. The molecule has 0 aliphatic carbocycles. The van der Waals surface area contributed by atoms with E-state index in [1.807, 2.05) is 72.8 Å². The molecule has 4 aromatic carbocycles. The third-order valence-electron chi connectivity index (χ3n) is 11.1. The molecule has 2 aliphatic rings.